The molecule has 4 nitrogen and oxygen atoms in total. The molecule has 1 amide bonds. The van der Waals surface area contributed by atoms with Gasteiger partial charge in [-0.15, -0.1) is 22.7 Å². The predicted octanol–water partition coefficient (Wildman–Crippen LogP) is 5.49. The number of thiophene rings is 2. The maximum Gasteiger partial charge on any atom is 0.341 e. The van der Waals surface area contributed by atoms with Crippen LogP contribution in [0.3, 0.4) is 0 Å². The zero-order chi connectivity index (χ0) is 19.8. The Morgan fingerprint density at radius 3 is 2.50 bits per heavy atom. The lowest BCUT2D eigenvalue weighted by Gasteiger charge is -2.19. The van der Waals surface area contributed by atoms with E-state index >= 15 is 0 Å². The van der Waals surface area contributed by atoms with Gasteiger partial charge in [-0.05, 0) is 68.4 Å². The molecule has 0 saturated carbocycles. The van der Waals surface area contributed by atoms with Gasteiger partial charge >= 0.3 is 5.97 Å². The number of ether oxygens (including phenoxy) is 1. The van der Waals surface area contributed by atoms with Crippen molar-refractivity contribution in [3.8, 4) is 0 Å². The molecule has 2 heterocycles. The summed E-state index contributed by atoms with van der Waals surface area (Å²) in [6.45, 7) is 6.66. The van der Waals surface area contributed by atoms with Crippen LogP contribution >= 0.6 is 22.7 Å². The highest BCUT2D eigenvalue weighted by Gasteiger charge is 2.30. The fourth-order valence-corrected chi connectivity index (χ4v) is 6.93. The monoisotopic (exact) mass is 417 g/mol. The van der Waals surface area contributed by atoms with Crippen LogP contribution in [0.2, 0.25) is 0 Å². The van der Waals surface area contributed by atoms with Crippen molar-refractivity contribution in [3.63, 3.8) is 0 Å². The number of carbonyl (C=O) groups is 2. The van der Waals surface area contributed by atoms with Crippen LogP contribution in [0.1, 0.15) is 75.2 Å². The van der Waals surface area contributed by atoms with Crippen molar-refractivity contribution in [2.75, 3.05) is 11.9 Å². The predicted molar refractivity (Wildman–Crippen MR) is 115 cm³/mol. The summed E-state index contributed by atoms with van der Waals surface area (Å²) in [5.74, 6) is 0.884. The first-order valence-electron chi connectivity index (χ1n) is 10.2. The Bertz CT molecular complexity index is 911. The van der Waals surface area contributed by atoms with Gasteiger partial charge in [0.2, 0.25) is 0 Å². The first-order chi connectivity index (χ1) is 13.5. The Balaban J connectivity index is 1.64. The molecule has 6 heteroatoms. The topological polar surface area (TPSA) is 55.4 Å². The number of rotatable bonds is 4. The van der Waals surface area contributed by atoms with Crippen LogP contribution in [-0.2, 0) is 30.4 Å². The Labute approximate surface area is 174 Å². The molecular weight excluding hydrogens is 390 g/mol. The highest BCUT2D eigenvalue weighted by atomic mass is 32.1. The lowest BCUT2D eigenvalue weighted by molar-refractivity contribution is 0.0526. The van der Waals surface area contributed by atoms with E-state index in [0.717, 1.165) is 49.7 Å². The van der Waals surface area contributed by atoms with Crippen molar-refractivity contribution in [1.82, 2.24) is 0 Å². The standard InChI is InChI=1S/C22H27NO3S2/c1-4-26-22(25)19-15-8-6-13(3)10-18(15)28-21(19)23-20(24)16-11-27-17-9-12(2)5-7-14(16)17/h11-13H,4-10H2,1-3H3,(H,23,24). The number of hydrogen-bond donors (Lipinski definition) is 1. The second-order valence-electron chi connectivity index (χ2n) is 8.13. The van der Waals surface area contributed by atoms with Crippen molar-refractivity contribution in [1.29, 1.82) is 0 Å². The van der Waals surface area contributed by atoms with Gasteiger partial charge in [0.15, 0.2) is 0 Å². The van der Waals surface area contributed by atoms with Crippen LogP contribution in [0.25, 0.3) is 0 Å². The van der Waals surface area contributed by atoms with Crippen molar-refractivity contribution in [2.45, 2.75) is 59.3 Å². The largest absolute Gasteiger partial charge is 0.462 e. The number of carbonyl (C=O) groups excluding carboxylic acids is 2. The Kier molecular flexibility index (Phi) is 5.61. The summed E-state index contributed by atoms with van der Waals surface area (Å²) in [6.07, 6.45) is 6.07. The molecule has 0 aromatic carbocycles. The fourth-order valence-electron chi connectivity index (χ4n) is 4.30. The molecule has 2 aromatic rings. The Hall–Kier alpha value is -1.66. The Morgan fingerprint density at radius 2 is 1.79 bits per heavy atom. The second-order valence-corrected chi connectivity index (χ2v) is 10.2. The van der Waals surface area contributed by atoms with Crippen LogP contribution in [-0.4, -0.2) is 18.5 Å². The van der Waals surface area contributed by atoms with E-state index in [0.29, 0.717) is 29.0 Å². The third-order valence-electron chi connectivity index (χ3n) is 5.86. The maximum absolute atomic E-state index is 13.1. The highest BCUT2D eigenvalue weighted by molar-refractivity contribution is 7.17. The van der Waals surface area contributed by atoms with E-state index in [2.05, 4.69) is 19.2 Å². The normalized spacial score (nSPS) is 21.0. The number of anilines is 1. The van der Waals surface area contributed by atoms with Gasteiger partial charge in [-0.1, -0.05) is 13.8 Å². The van der Waals surface area contributed by atoms with Gasteiger partial charge in [-0.25, -0.2) is 4.79 Å². The van der Waals surface area contributed by atoms with E-state index in [1.54, 1.807) is 22.7 Å². The van der Waals surface area contributed by atoms with E-state index in [1.807, 2.05) is 12.3 Å². The Morgan fingerprint density at radius 1 is 1.11 bits per heavy atom. The summed E-state index contributed by atoms with van der Waals surface area (Å²) in [5, 5.41) is 5.71. The summed E-state index contributed by atoms with van der Waals surface area (Å²) in [4.78, 5) is 28.3. The molecule has 0 radical (unpaired) electrons. The molecule has 2 aromatic heterocycles. The molecule has 0 aliphatic heterocycles. The zero-order valence-corrected chi connectivity index (χ0v) is 18.4. The third kappa shape index (κ3) is 3.64. The van der Waals surface area contributed by atoms with E-state index in [1.165, 1.54) is 15.3 Å². The van der Waals surface area contributed by atoms with Crippen molar-refractivity contribution in [3.05, 3.63) is 37.4 Å². The molecule has 0 spiro atoms. The lowest BCUT2D eigenvalue weighted by Crippen LogP contribution is -2.18. The third-order valence-corrected chi connectivity index (χ3v) is 8.09. The SMILES string of the molecule is CCOC(=O)c1c(NC(=O)c2csc3c2CCC(C)C3)sc2c1CCC(C)C2. The van der Waals surface area contributed by atoms with Gasteiger partial charge in [-0.3, -0.25) is 4.79 Å². The minimum atomic E-state index is -0.314. The van der Waals surface area contributed by atoms with Crippen LogP contribution in [0.4, 0.5) is 5.00 Å². The van der Waals surface area contributed by atoms with Gasteiger partial charge in [0, 0.05) is 15.1 Å². The lowest BCUT2D eigenvalue weighted by atomic mass is 9.88. The van der Waals surface area contributed by atoms with E-state index in [4.69, 9.17) is 4.74 Å². The fraction of sp³-hybridized carbons (Fsp3) is 0.545. The van der Waals surface area contributed by atoms with Crippen LogP contribution in [0, 0.1) is 11.8 Å². The molecule has 2 unspecified atom stereocenters. The minimum Gasteiger partial charge on any atom is -0.462 e. The minimum absolute atomic E-state index is 0.0933. The van der Waals surface area contributed by atoms with Crippen LogP contribution in [0.5, 0.6) is 0 Å². The number of fused-ring (bicyclic) bond motifs is 2. The summed E-state index contributed by atoms with van der Waals surface area (Å²) in [5.41, 5.74) is 3.65. The number of nitrogens with one attached hydrogen (secondary N) is 1. The number of esters is 1. The van der Waals surface area contributed by atoms with Crippen LogP contribution in [0.15, 0.2) is 5.38 Å². The van der Waals surface area contributed by atoms with Crippen LogP contribution < -0.4 is 5.32 Å². The van der Waals surface area contributed by atoms with E-state index in [-0.39, 0.29) is 11.9 Å². The van der Waals surface area contributed by atoms with Gasteiger partial charge in [0.25, 0.3) is 5.91 Å². The summed E-state index contributed by atoms with van der Waals surface area (Å²) < 4.78 is 5.31. The molecule has 2 aliphatic carbocycles. The summed E-state index contributed by atoms with van der Waals surface area (Å²) >= 11 is 3.25. The molecule has 4 rings (SSSR count). The first kappa shape index (κ1) is 19.6. The zero-order valence-electron chi connectivity index (χ0n) is 16.7. The van der Waals surface area contributed by atoms with Crippen molar-refractivity contribution in [2.24, 2.45) is 11.8 Å². The number of amides is 1. The summed E-state index contributed by atoms with van der Waals surface area (Å²) in [7, 11) is 0. The molecular formula is C22H27NO3S2. The highest BCUT2D eigenvalue weighted by Crippen LogP contribution is 2.41. The molecule has 2 atom stereocenters. The van der Waals surface area contributed by atoms with Gasteiger partial charge in [-0.2, -0.15) is 0 Å². The molecule has 28 heavy (non-hydrogen) atoms. The van der Waals surface area contributed by atoms with Crippen molar-refractivity contribution >= 4 is 39.6 Å². The smallest absolute Gasteiger partial charge is 0.341 e. The maximum atomic E-state index is 13.1. The van der Waals surface area contributed by atoms with Crippen molar-refractivity contribution < 1.29 is 14.3 Å². The average Bonchev–Trinajstić information content (AvgIpc) is 3.21. The quantitative estimate of drug-likeness (QED) is 0.670. The summed E-state index contributed by atoms with van der Waals surface area (Å²) in [6, 6.07) is 0. The molecule has 2 aliphatic rings. The van der Waals surface area contributed by atoms with E-state index < -0.39 is 0 Å². The average molecular weight is 418 g/mol. The number of hydrogen-bond acceptors (Lipinski definition) is 5. The first-order valence-corrected chi connectivity index (χ1v) is 11.9. The van der Waals surface area contributed by atoms with Gasteiger partial charge < -0.3 is 10.1 Å². The molecule has 150 valence electrons. The van der Waals surface area contributed by atoms with Gasteiger partial charge in [0.05, 0.1) is 17.7 Å². The molecule has 0 saturated heterocycles. The molecule has 0 fully saturated rings. The second kappa shape index (κ2) is 7.99. The molecule has 0 bridgehead atoms. The van der Waals surface area contributed by atoms with E-state index in [9.17, 15) is 9.59 Å². The molecule has 1 N–H and O–H groups in total. The van der Waals surface area contributed by atoms with Gasteiger partial charge in [0.1, 0.15) is 5.00 Å².